The molecule has 2 heterocycles. The average Bonchev–Trinajstić information content (AvgIpc) is 2.96. The minimum Gasteiger partial charge on any atom is -0.390 e. The standard InChI is InChI=1S/C15H26N4O4/c1-12(2)17(11-15-5-3-4-6-23-15)9-14(20)10-18-8-13(7-16-18)19(21)22/h7-8,12,14-15,20H,3-6,9-11H2,1-2H3. The molecule has 1 fully saturated rings. The molecule has 23 heavy (non-hydrogen) atoms. The van der Waals surface area contributed by atoms with E-state index in [1.807, 2.05) is 0 Å². The van der Waals surface area contributed by atoms with Crippen molar-refractivity contribution in [2.24, 2.45) is 0 Å². The van der Waals surface area contributed by atoms with Gasteiger partial charge < -0.3 is 9.84 Å². The molecule has 2 rings (SSSR count). The lowest BCUT2D eigenvalue weighted by atomic mass is 10.1. The molecule has 0 radical (unpaired) electrons. The van der Waals surface area contributed by atoms with E-state index in [0.717, 1.165) is 26.0 Å². The number of rotatable bonds is 8. The fourth-order valence-corrected chi connectivity index (χ4v) is 2.80. The molecule has 1 aliphatic rings. The van der Waals surface area contributed by atoms with E-state index in [2.05, 4.69) is 23.8 Å². The maximum atomic E-state index is 10.7. The van der Waals surface area contributed by atoms with Gasteiger partial charge >= 0.3 is 5.69 Å². The monoisotopic (exact) mass is 326 g/mol. The summed E-state index contributed by atoms with van der Waals surface area (Å²) in [5.41, 5.74) is -0.0616. The second-order valence-corrected chi connectivity index (χ2v) is 6.37. The first-order chi connectivity index (χ1) is 11.0. The van der Waals surface area contributed by atoms with E-state index in [9.17, 15) is 15.2 Å². The number of nitrogens with zero attached hydrogens (tertiary/aromatic N) is 4. The topological polar surface area (TPSA) is 93.7 Å². The van der Waals surface area contributed by atoms with Crippen molar-refractivity contribution >= 4 is 5.69 Å². The molecule has 1 N–H and O–H groups in total. The molecule has 1 aromatic heterocycles. The summed E-state index contributed by atoms with van der Waals surface area (Å²) in [5, 5.41) is 24.9. The molecule has 0 spiro atoms. The minimum absolute atomic E-state index is 0.0616. The zero-order chi connectivity index (χ0) is 16.8. The summed E-state index contributed by atoms with van der Waals surface area (Å²) in [6, 6.07) is 0.294. The van der Waals surface area contributed by atoms with E-state index in [1.165, 1.54) is 23.5 Å². The first kappa shape index (κ1) is 17.8. The van der Waals surface area contributed by atoms with Crippen molar-refractivity contribution < 1.29 is 14.8 Å². The van der Waals surface area contributed by atoms with E-state index in [1.54, 1.807) is 0 Å². The molecule has 2 atom stereocenters. The van der Waals surface area contributed by atoms with Crippen molar-refractivity contribution in [1.29, 1.82) is 0 Å². The predicted octanol–water partition coefficient (Wildman–Crippen LogP) is 1.43. The van der Waals surface area contributed by atoms with Gasteiger partial charge in [-0.2, -0.15) is 5.10 Å². The number of aliphatic hydroxyl groups excluding tert-OH is 1. The van der Waals surface area contributed by atoms with Crippen LogP contribution in [-0.2, 0) is 11.3 Å². The Kier molecular flexibility index (Phi) is 6.49. The molecule has 0 bridgehead atoms. The zero-order valence-electron chi connectivity index (χ0n) is 13.8. The first-order valence-electron chi connectivity index (χ1n) is 8.16. The lowest BCUT2D eigenvalue weighted by molar-refractivity contribution is -0.385. The molecule has 0 aliphatic carbocycles. The molecule has 0 amide bonds. The Morgan fingerprint density at radius 2 is 2.35 bits per heavy atom. The van der Waals surface area contributed by atoms with E-state index < -0.39 is 11.0 Å². The molecular formula is C15H26N4O4. The fraction of sp³-hybridized carbons (Fsp3) is 0.800. The Morgan fingerprint density at radius 3 is 2.91 bits per heavy atom. The van der Waals surface area contributed by atoms with Crippen LogP contribution in [0.2, 0.25) is 0 Å². The maximum Gasteiger partial charge on any atom is 0.306 e. The second-order valence-electron chi connectivity index (χ2n) is 6.37. The van der Waals surface area contributed by atoms with Crippen LogP contribution in [0.15, 0.2) is 12.4 Å². The van der Waals surface area contributed by atoms with Gasteiger partial charge in [0.1, 0.15) is 12.4 Å². The summed E-state index contributed by atoms with van der Waals surface area (Å²) < 4.78 is 7.19. The third-order valence-corrected chi connectivity index (χ3v) is 4.12. The van der Waals surface area contributed by atoms with Crippen molar-refractivity contribution in [3.63, 3.8) is 0 Å². The quantitative estimate of drug-likeness (QED) is 0.574. The summed E-state index contributed by atoms with van der Waals surface area (Å²) >= 11 is 0. The van der Waals surface area contributed by atoms with Crippen LogP contribution in [0, 0.1) is 10.1 Å². The summed E-state index contributed by atoms with van der Waals surface area (Å²) in [7, 11) is 0. The predicted molar refractivity (Wildman–Crippen MR) is 85.2 cm³/mol. The van der Waals surface area contributed by atoms with E-state index in [-0.39, 0.29) is 18.3 Å². The van der Waals surface area contributed by atoms with Gasteiger partial charge in [-0.15, -0.1) is 0 Å². The van der Waals surface area contributed by atoms with Gasteiger partial charge in [-0.25, -0.2) is 0 Å². The normalized spacial score (nSPS) is 20.1. The zero-order valence-corrected chi connectivity index (χ0v) is 13.8. The molecule has 8 heteroatoms. The number of hydrogen-bond donors (Lipinski definition) is 1. The number of aromatic nitrogens is 2. The summed E-state index contributed by atoms with van der Waals surface area (Å²) in [5.74, 6) is 0. The fourth-order valence-electron chi connectivity index (χ4n) is 2.80. The van der Waals surface area contributed by atoms with Gasteiger partial charge in [-0.1, -0.05) is 0 Å². The highest BCUT2D eigenvalue weighted by molar-refractivity contribution is 5.20. The van der Waals surface area contributed by atoms with Crippen LogP contribution < -0.4 is 0 Å². The molecule has 0 saturated carbocycles. The maximum absolute atomic E-state index is 10.7. The molecule has 1 aromatic rings. The first-order valence-corrected chi connectivity index (χ1v) is 8.16. The van der Waals surface area contributed by atoms with Crippen LogP contribution >= 0.6 is 0 Å². The number of ether oxygens (including phenoxy) is 1. The highest BCUT2D eigenvalue weighted by Crippen LogP contribution is 2.16. The van der Waals surface area contributed by atoms with Crippen LogP contribution in [0.3, 0.4) is 0 Å². The molecule has 8 nitrogen and oxygen atoms in total. The second kappa shape index (κ2) is 8.37. The third-order valence-electron chi connectivity index (χ3n) is 4.12. The van der Waals surface area contributed by atoms with Crippen LogP contribution in [0.1, 0.15) is 33.1 Å². The third kappa shape index (κ3) is 5.56. The van der Waals surface area contributed by atoms with Crippen molar-refractivity contribution in [2.45, 2.75) is 57.9 Å². The lowest BCUT2D eigenvalue weighted by Gasteiger charge is -2.33. The van der Waals surface area contributed by atoms with Crippen molar-refractivity contribution in [3.8, 4) is 0 Å². The van der Waals surface area contributed by atoms with Crippen LogP contribution in [0.25, 0.3) is 0 Å². The van der Waals surface area contributed by atoms with Gasteiger partial charge in [0, 0.05) is 25.7 Å². The SMILES string of the molecule is CC(C)N(CC(O)Cn1cc([N+](=O)[O-])cn1)CC1CCCCO1. The van der Waals surface area contributed by atoms with E-state index in [4.69, 9.17) is 4.74 Å². The minimum atomic E-state index is -0.638. The summed E-state index contributed by atoms with van der Waals surface area (Å²) in [6.45, 7) is 6.53. The van der Waals surface area contributed by atoms with E-state index >= 15 is 0 Å². The summed E-state index contributed by atoms with van der Waals surface area (Å²) in [4.78, 5) is 12.4. The van der Waals surface area contributed by atoms with Gasteiger partial charge in [-0.05, 0) is 33.1 Å². The molecule has 2 unspecified atom stereocenters. The van der Waals surface area contributed by atoms with Gasteiger partial charge in [0.25, 0.3) is 0 Å². The number of aliphatic hydroxyl groups is 1. The number of hydrogen-bond acceptors (Lipinski definition) is 6. The van der Waals surface area contributed by atoms with Crippen LogP contribution in [-0.4, -0.2) is 62.7 Å². The van der Waals surface area contributed by atoms with Gasteiger partial charge in [0.15, 0.2) is 0 Å². The van der Waals surface area contributed by atoms with Gasteiger partial charge in [-0.3, -0.25) is 19.7 Å². The van der Waals surface area contributed by atoms with Gasteiger partial charge in [0.2, 0.25) is 0 Å². The molecule has 1 saturated heterocycles. The summed E-state index contributed by atoms with van der Waals surface area (Å²) in [6.07, 6.45) is 5.50. The van der Waals surface area contributed by atoms with Crippen LogP contribution in [0.4, 0.5) is 5.69 Å². The molecular weight excluding hydrogens is 300 g/mol. The Labute approximate surface area is 136 Å². The van der Waals surface area contributed by atoms with E-state index in [0.29, 0.717) is 12.6 Å². The van der Waals surface area contributed by atoms with Crippen molar-refractivity contribution in [3.05, 3.63) is 22.5 Å². The Balaban J connectivity index is 1.86. The Hall–Kier alpha value is -1.51. The molecule has 130 valence electrons. The van der Waals surface area contributed by atoms with Gasteiger partial charge in [0.05, 0.1) is 23.7 Å². The lowest BCUT2D eigenvalue weighted by Crippen LogP contribution is -2.44. The van der Waals surface area contributed by atoms with Crippen LogP contribution in [0.5, 0.6) is 0 Å². The highest BCUT2D eigenvalue weighted by Gasteiger charge is 2.22. The van der Waals surface area contributed by atoms with Crippen molar-refractivity contribution in [1.82, 2.24) is 14.7 Å². The Bertz CT molecular complexity index is 499. The molecule has 1 aliphatic heterocycles. The largest absolute Gasteiger partial charge is 0.390 e. The molecule has 0 aromatic carbocycles. The smallest absolute Gasteiger partial charge is 0.306 e. The van der Waals surface area contributed by atoms with Crippen molar-refractivity contribution in [2.75, 3.05) is 19.7 Å². The average molecular weight is 326 g/mol. The number of nitro groups is 1. The Morgan fingerprint density at radius 1 is 1.57 bits per heavy atom. The highest BCUT2D eigenvalue weighted by atomic mass is 16.6.